The second kappa shape index (κ2) is 6.57. The number of aliphatic hydroxyl groups excluding tert-OH is 1. The van der Waals surface area contributed by atoms with Gasteiger partial charge in [-0.2, -0.15) is 0 Å². The van der Waals surface area contributed by atoms with Crippen molar-refractivity contribution in [1.29, 1.82) is 0 Å². The molecule has 3 aliphatic heterocycles. The summed E-state index contributed by atoms with van der Waals surface area (Å²) in [6, 6.07) is 0. The molecule has 6 heteroatoms. The monoisotopic (exact) mass is 356 g/mol. The summed E-state index contributed by atoms with van der Waals surface area (Å²) in [6.07, 6.45) is 4.03. The van der Waals surface area contributed by atoms with Gasteiger partial charge in [0.2, 0.25) is 0 Å². The van der Waals surface area contributed by atoms with Crippen molar-refractivity contribution in [2.24, 2.45) is 0 Å². The second-order valence-electron chi connectivity index (χ2n) is 8.73. The molecule has 3 saturated heterocycles. The van der Waals surface area contributed by atoms with Crippen molar-refractivity contribution in [1.82, 2.24) is 0 Å². The van der Waals surface area contributed by atoms with E-state index in [0.29, 0.717) is 6.42 Å². The van der Waals surface area contributed by atoms with Crippen LogP contribution in [-0.4, -0.2) is 63.8 Å². The average Bonchev–Trinajstić information content (AvgIpc) is 3.26. The van der Waals surface area contributed by atoms with Gasteiger partial charge in [-0.05, 0) is 66.2 Å². The molecule has 0 bridgehead atoms. The van der Waals surface area contributed by atoms with Gasteiger partial charge in [0.1, 0.15) is 11.7 Å². The third-order valence-corrected chi connectivity index (χ3v) is 6.48. The van der Waals surface area contributed by atoms with Gasteiger partial charge >= 0.3 is 0 Å². The third kappa shape index (κ3) is 3.52. The van der Waals surface area contributed by atoms with Gasteiger partial charge in [0.05, 0.1) is 36.1 Å². The zero-order valence-corrected chi connectivity index (χ0v) is 15.8. The Bertz CT molecular complexity index is 520. The predicted molar refractivity (Wildman–Crippen MR) is 91.3 cm³/mol. The maximum atomic E-state index is 11.6. The first-order valence-corrected chi connectivity index (χ1v) is 9.44. The Labute approximate surface area is 149 Å². The standard InChI is InChI=1S/C19H32O6/c1-12(21)13-7-9-18(3,24-13)15-5-6-16(23-15)19(4)10-8-14(25-19)17(2,22)11-20/h13-16,20,22H,5-11H2,1-4H3/t13-,14+,15+,16-,17-,18-,19+/m1/s1. The van der Waals surface area contributed by atoms with E-state index in [1.807, 2.05) is 13.8 Å². The van der Waals surface area contributed by atoms with Crippen LogP contribution < -0.4 is 0 Å². The lowest BCUT2D eigenvalue weighted by Crippen LogP contribution is -2.47. The molecule has 7 atom stereocenters. The zero-order chi connectivity index (χ0) is 18.5. The smallest absolute Gasteiger partial charge is 0.158 e. The summed E-state index contributed by atoms with van der Waals surface area (Å²) in [5.41, 5.74) is -2.12. The molecule has 3 heterocycles. The molecule has 144 valence electrons. The van der Waals surface area contributed by atoms with E-state index in [-0.39, 0.29) is 36.8 Å². The fraction of sp³-hybridized carbons (Fsp3) is 0.947. The summed E-state index contributed by atoms with van der Waals surface area (Å²) in [6.45, 7) is 6.94. The van der Waals surface area contributed by atoms with Crippen molar-refractivity contribution in [2.45, 2.75) is 107 Å². The minimum absolute atomic E-state index is 0.0420. The van der Waals surface area contributed by atoms with E-state index in [2.05, 4.69) is 0 Å². The molecule has 0 aromatic heterocycles. The molecule has 0 amide bonds. The first-order chi connectivity index (χ1) is 11.6. The van der Waals surface area contributed by atoms with Gasteiger partial charge in [0, 0.05) is 0 Å². The van der Waals surface area contributed by atoms with Crippen LogP contribution in [0.3, 0.4) is 0 Å². The molecule has 0 aliphatic carbocycles. The summed E-state index contributed by atoms with van der Waals surface area (Å²) in [7, 11) is 0. The van der Waals surface area contributed by atoms with Gasteiger partial charge in [0.15, 0.2) is 5.78 Å². The van der Waals surface area contributed by atoms with E-state index >= 15 is 0 Å². The van der Waals surface area contributed by atoms with Crippen molar-refractivity contribution >= 4 is 5.78 Å². The largest absolute Gasteiger partial charge is 0.393 e. The third-order valence-electron chi connectivity index (χ3n) is 6.48. The summed E-state index contributed by atoms with van der Waals surface area (Å²) < 4.78 is 18.6. The number of hydrogen-bond donors (Lipinski definition) is 2. The number of Topliss-reactive ketones (excluding diaryl/α,β-unsaturated/α-hetero) is 1. The van der Waals surface area contributed by atoms with E-state index in [1.54, 1.807) is 13.8 Å². The lowest BCUT2D eigenvalue weighted by Gasteiger charge is -2.36. The molecule has 6 nitrogen and oxygen atoms in total. The fourth-order valence-corrected chi connectivity index (χ4v) is 4.56. The molecule has 0 aromatic rings. The number of rotatable bonds is 5. The highest BCUT2D eigenvalue weighted by atomic mass is 16.6. The van der Waals surface area contributed by atoms with Crippen LogP contribution in [0.15, 0.2) is 0 Å². The fourth-order valence-electron chi connectivity index (χ4n) is 4.56. The Morgan fingerprint density at radius 2 is 1.64 bits per heavy atom. The minimum atomic E-state index is -1.23. The first-order valence-electron chi connectivity index (χ1n) is 9.44. The highest BCUT2D eigenvalue weighted by Gasteiger charge is 2.54. The number of hydrogen-bond acceptors (Lipinski definition) is 6. The van der Waals surface area contributed by atoms with Crippen LogP contribution in [0.1, 0.15) is 66.2 Å². The predicted octanol–water partition coefficient (Wildman–Crippen LogP) is 1.74. The van der Waals surface area contributed by atoms with Crippen LogP contribution in [0.4, 0.5) is 0 Å². The summed E-state index contributed by atoms with van der Waals surface area (Å²) in [4.78, 5) is 11.6. The summed E-state index contributed by atoms with van der Waals surface area (Å²) in [5, 5.41) is 19.7. The van der Waals surface area contributed by atoms with Crippen LogP contribution in [0.5, 0.6) is 0 Å². The number of carbonyl (C=O) groups is 1. The Balaban J connectivity index is 1.63. The van der Waals surface area contributed by atoms with Gasteiger partial charge in [-0.1, -0.05) is 0 Å². The van der Waals surface area contributed by atoms with Gasteiger partial charge in [-0.3, -0.25) is 4.79 Å². The van der Waals surface area contributed by atoms with Crippen molar-refractivity contribution in [3.63, 3.8) is 0 Å². The van der Waals surface area contributed by atoms with Gasteiger partial charge < -0.3 is 24.4 Å². The van der Waals surface area contributed by atoms with Crippen molar-refractivity contribution in [3.8, 4) is 0 Å². The first kappa shape index (κ1) is 19.2. The molecular formula is C19H32O6. The number of carbonyl (C=O) groups excluding carboxylic acids is 1. The van der Waals surface area contributed by atoms with Gasteiger partial charge in [-0.25, -0.2) is 0 Å². The minimum Gasteiger partial charge on any atom is -0.393 e. The van der Waals surface area contributed by atoms with Crippen LogP contribution in [-0.2, 0) is 19.0 Å². The zero-order valence-electron chi connectivity index (χ0n) is 15.8. The van der Waals surface area contributed by atoms with Crippen molar-refractivity contribution in [2.75, 3.05) is 6.61 Å². The molecule has 3 rings (SSSR count). The molecule has 0 aromatic carbocycles. The number of aliphatic hydroxyl groups is 2. The average molecular weight is 356 g/mol. The molecule has 2 N–H and O–H groups in total. The van der Waals surface area contributed by atoms with Crippen LogP contribution in [0.25, 0.3) is 0 Å². The van der Waals surface area contributed by atoms with Crippen molar-refractivity contribution in [3.05, 3.63) is 0 Å². The van der Waals surface area contributed by atoms with E-state index in [0.717, 1.165) is 32.1 Å². The van der Waals surface area contributed by atoms with Crippen LogP contribution in [0.2, 0.25) is 0 Å². The molecule has 25 heavy (non-hydrogen) atoms. The molecule has 0 saturated carbocycles. The second-order valence-corrected chi connectivity index (χ2v) is 8.73. The quantitative estimate of drug-likeness (QED) is 0.780. The molecular weight excluding hydrogens is 324 g/mol. The SMILES string of the molecule is CC(=O)[C@H]1CC[C@](C)([C@@H]2CC[C@H]([C@]3(C)CC[C@@H]([C@](C)(O)CO)O3)O2)O1. The highest BCUT2D eigenvalue weighted by Crippen LogP contribution is 2.46. The highest BCUT2D eigenvalue weighted by molar-refractivity contribution is 5.80. The van der Waals surface area contributed by atoms with Crippen LogP contribution >= 0.6 is 0 Å². The number of ketones is 1. The molecule has 3 fully saturated rings. The van der Waals surface area contributed by atoms with Crippen molar-refractivity contribution < 1.29 is 29.2 Å². The van der Waals surface area contributed by atoms with Gasteiger partial charge in [0.25, 0.3) is 0 Å². The summed E-state index contributed by atoms with van der Waals surface area (Å²) >= 11 is 0. The Kier molecular flexibility index (Phi) is 5.06. The van der Waals surface area contributed by atoms with E-state index in [9.17, 15) is 15.0 Å². The molecule has 0 spiro atoms. The number of ether oxygens (including phenoxy) is 3. The molecule has 3 aliphatic rings. The lowest BCUT2D eigenvalue weighted by molar-refractivity contribution is -0.193. The van der Waals surface area contributed by atoms with E-state index < -0.39 is 16.8 Å². The van der Waals surface area contributed by atoms with Gasteiger partial charge in [-0.15, -0.1) is 0 Å². The lowest BCUT2D eigenvalue weighted by atomic mass is 9.90. The molecule has 0 radical (unpaired) electrons. The topological polar surface area (TPSA) is 85.2 Å². The van der Waals surface area contributed by atoms with Crippen LogP contribution in [0, 0.1) is 0 Å². The Morgan fingerprint density at radius 3 is 2.16 bits per heavy atom. The molecule has 0 unspecified atom stereocenters. The maximum absolute atomic E-state index is 11.6. The maximum Gasteiger partial charge on any atom is 0.158 e. The summed E-state index contributed by atoms with van der Waals surface area (Å²) in [5.74, 6) is 0.0819. The van der Waals surface area contributed by atoms with E-state index in [1.165, 1.54) is 0 Å². The normalized spacial score (nSPS) is 47.1. The Morgan fingerprint density at radius 1 is 1.08 bits per heavy atom. The van der Waals surface area contributed by atoms with E-state index in [4.69, 9.17) is 14.2 Å². The Hall–Kier alpha value is -0.530.